The Morgan fingerprint density at radius 1 is 1.08 bits per heavy atom. The van der Waals surface area contributed by atoms with E-state index in [9.17, 15) is 14.4 Å². The van der Waals surface area contributed by atoms with Gasteiger partial charge in [0.2, 0.25) is 17.7 Å². The van der Waals surface area contributed by atoms with Crippen LogP contribution in [0.5, 0.6) is 5.75 Å². The molecule has 0 bridgehead atoms. The van der Waals surface area contributed by atoms with E-state index < -0.39 is 18.1 Å². The zero-order valence-electron chi connectivity index (χ0n) is 23.1. The number of hydrogen-bond acceptors (Lipinski definition) is 5. The average molecular weight is 503 g/mol. The third-order valence-electron chi connectivity index (χ3n) is 6.98. The predicted octanol–water partition coefficient (Wildman–Crippen LogP) is 2.90. The van der Waals surface area contributed by atoms with Gasteiger partial charge in [0.25, 0.3) is 0 Å². The largest absolute Gasteiger partial charge is 0.489 e. The lowest BCUT2D eigenvalue weighted by Gasteiger charge is -2.33. The maximum atomic E-state index is 13.5. The first-order chi connectivity index (χ1) is 17.0. The Hall–Kier alpha value is -2.61. The van der Waals surface area contributed by atoms with Crippen LogP contribution in [0.4, 0.5) is 0 Å². The van der Waals surface area contributed by atoms with E-state index in [0.29, 0.717) is 19.5 Å². The van der Waals surface area contributed by atoms with Gasteiger partial charge in [-0.05, 0) is 56.6 Å². The normalized spacial score (nSPS) is 26.2. The number of carbonyl (C=O) groups is 3. The smallest absolute Gasteiger partial charge is 0.243 e. The summed E-state index contributed by atoms with van der Waals surface area (Å²) in [5.41, 5.74) is 1.08. The van der Waals surface area contributed by atoms with E-state index in [4.69, 9.17) is 4.74 Å². The molecule has 5 atom stereocenters. The van der Waals surface area contributed by atoms with E-state index in [1.807, 2.05) is 58.9 Å². The first-order valence-corrected chi connectivity index (χ1v) is 13.4. The van der Waals surface area contributed by atoms with Gasteiger partial charge in [0, 0.05) is 20.1 Å². The molecule has 1 unspecified atom stereocenters. The molecule has 1 heterocycles. The Morgan fingerprint density at radius 2 is 1.78 bits per heavy atom. The fraction of sp³-hybridized carbons (Fsp3) is 0.679. The van der Waals surface area contributed by atoms with Crippen LogP contribution in [0.2, 0.25) is 0 Å². The number of hydrogen-bond donors (Lipinski definition) is 3. The average Bonchev–Trinajstić information content (AvgIpc) is 2.84. The number of carbonyl (C=O) groups excluding carboxylic acids is 3. The van der Waals surface area contributed by atoms with Crippen LogP contribution in [0.25, 0.3) is 0 Å². The molecule has 3 N–H and O–H groups in total. The molecule has 1 aromatic carbocycles. The van der Waals surface area contributed by atoms with E-state index in [0.717, 1.165) is 30.6 Å². The van der Waals surface area contributed by atoms with E-state index in [-0.39, 0.29) is 35.7 Å². The molecule has 0 radical (unpaired) electrons. The quantitative estimate of drug-likeness (QED) is 0.588. The predicted molar refractivity (Wildman–Crippen MR) is 143 cm³/mol. The first kappa shape index (κ1) is 29.6. The molecule has 0 saturated carbocycles. The molecule has 0 aromatic heterocycles. The summed E-state index contributed by atoms with van der Waals surface area (Å²) < 4.78 is 6.25. The number of likely N-dealkylation sites (N-methyl/N-ethyl adjacent to an activating group) is 1. The summed E-state index contributed by atoms with van der Waals surface area (Å²) in [6.45, 7) is 12.8. The molecular formula is C28H46N4O4. The number of nitrogens with zero attached hydrogens (tertiary/aromatic N) is 1. The van der Waals surface area contributed by atoms with Crippen molar-refractivity contribution in [1.29, 1.82) is 0 Å². The number of nitrogens with one attached hydrogen (secondary N) is 3. The van der Waals surface area contributed by atoms with Crippen molar-refractivity contribution < 1.29 is 19.1 Å². The van der Waals surface area contributed by atoms with Crippen LogP contribution >= 0.6 is 0 Å². The fourth-order valence-electron chi connectivity index (χ4n) is 4.34. The highest BCUT2D eigenvalue weighted by atomic mass is 16.5. The van der Waals surface area contributed by atoms with E-state index >= 15 is 0 Å². The molecule has 0 fully saturated rings. The second-order valence-electron chi connectivity index (χ2n) is 10.5. The molecule has 3 amide bonds. The van der Waals surface area contributed by atoms with E-state index in [1.54, 1.807) is 14.0 Å². The van der Waals surface area contributed by atoms with Gasteiger partial charge in [0.05, 0.1) is 6.04 Å². The highest BCUT2D eigenvalue weighted by molar-refractivity contribution is 5.92. The number of ether oxygens (including phenoxy) is 1. The van der Waals surface area contributed by atoms with Gasteiger partial charge in [-0.2, -0.15) is 0 Å². The van der Waals surface area contributed by atoms with Gasteiger partial charge in [0.15, 0.2) is 0 Å². The molecule has 2 rings (SSSR count). The number of para-hydroxylation sites is 1. The molecule has 8 heteroatoms. The number of rotatable bonds is 4. The van der Waals surface area contributed by atoms with Crippen molar-refractivity contribution in [2.45, 2.75) is 91.5 Å². The monoisotopic (exact) mass is 502 g/mol. The molecule has 202 valence electrons. The Labute approximate surface area is 216 Å². The van der Waals surface area contributed by atoms with Crippen LogP contribution in [0.15, 0.2) is 24.3 Å². The minimum Gasteiger partial charge on any atom is -0.489 e. The summed E-state index contributed by atoms with van der Waals surface area (Å²) in [7, 11) is 1.65. The molecule has 0 spiro atoms. The van der Waals surface area contributed by atoms with Gasteiger partial charge in [0.1, 0.15) is 23.9 Å². The van der Waals surface area contributed by atoms with Crippen molar-refractivity contribution in [3.8, 4) is 5.75 Å². The van der Waals surface area contributed by atoms with Crippen molar-refractivity contribution >= 4 is 17.7 Å². The van der Waals surface area contributed by atoms with Gasteiger partial charge in [-0.3, -0.25) is 14.4 Å². The van der Waals surface area contributed by atoms with Crippen LogP contribution in [0.1, 0.15) is 66.4 Å². The Kier molecular flexibility index (Phi) is 11.7. The highest BCUT2D eigenvalue weighted by Crippen LogP contribution is 2.21. The van der Waals surface area contributed by atoms with Gasteiger partial charge < -0.3 is 25.6 Å². The summed E-state index contributed by atoms with van der Waals surface area (Å²) in [6.07, 6.45) is 2.69. The minimum atomic E-state index is -0.715. The molecular weight excluding hydrogens is 456 g/mol. The molecule has 8 nitrogen and oxygen atoms in total. The van der Waals surface area contributed by atoms with Gasteiger partial charge >= 0.3 is 0 Å². The highest BCUT2D eigenvalue weighted by Gasteiger charge is 2.33. The Bertz CT molecular complexity index is 875. The standard InChI is InChI=1S/C28H46N4O4/c1-8-19(4)25-28(35)32(7)21(6)26(33)31-23(16-18(2)3)27(34)29-15-11-13-22-12-9-10-14-24(22)36-20(5)17-30-25/h9-10,12,14,18-21,23,25,30H,8,11,13,15-17H2,1-7H3,(H,29,34)(H,31,33)/t19?,20-,21-,23-,25+/m1/s1. The van der Waals surface area contributed by atoms with Crippen molar-refractivity contribution in [3.63, 3.8) is 0 Å². The second kappa shape index (κ2) is 14.2. The van der Waals surface area contributed by atoms with Crippen LogP contribution in [-0.2, 0) is 20.8 Å². The summed E-state index contributed by atoms with van der Waals surface area (Å²) in [4.78, 5) is 41.0. The van der Waals surface area contributed by atoms with Gasteiger partial charge in [-0.1, -0.05) is 52.3 Å². The van der Waals surface area contributed by atoms with E-state index in [2.05, 4.69) is 16.0 Å². The lowest BCUT2D eigenvalue weighted by Crippen LogP contribution is -2.57. The lowest BCUT2D eigenvalue weighted by molar-refractivity contribution is -0.141. The Morgan fingerprint density at radius 3 is 2.44 bits per heavy atom. The second-order valence-corrected chi connectivity index (χ2v) is 10.5. The third kappa shape index (κ3) is 8.50. The lowest BCUT2D eigenvalue weighted by atomic mass is 9.97. The van der Waals surface area contributed by atoms with Crippen LogP contribution in [0, 0.1) is 11.8 Å². The number of benzene rings is 1. The van der Waals surface area contributed by atoms with Crippen molar-refractivity contribution in [1.82, 2.24) is 20.9 Å². The zero-order valence-corrected chi connectivity index (χ0v) is 23.1. The van der Waals surface area contributed by atoms with Gasteiger partial charge in [-0.15, -0.1) is 0 Å². The SMILES string of the molecule is CCC(C)[C@@H]1NC[C@@H](C)Oc2ccccc2CCCNC(=O)[C@@H](CC(C)C)NC(=O)[C@@H](C)N(C)C1=O. The fourth-order valence-corrected chi connectivity index (χ4v) is 4.34. The van der Waals surface area contributed by atoms with Crippen LogP contribution < -0.4 is 20.7 Å². The van der Waals surface area contributed by atoms with Crippen LogP contribution in [0.3, 0.4) is 0 Å². The topological polar surface area (TPSA) is 99.8 Å². The Balaban J connectivity index is 2.33. The molecule has 0 saturated heterocycles. The number of fused-ring (bicyclic) bond motifs is 1. The van der Waals surface area contributed by atoms with E-state index in [1.165, 1.54) is 4.90 Å². The zero-order chi connectivity index (χ0) is 26.8. The van der Waals surface area contributed by atoms with Crippen molar-refractivity contribution in [2.24, 2.45) is 11.8 Å². The van der Waals surface area contributed by atoms with Crippen LogP contribution in [-0.4, -0.2) is 67.0 Å². The molecule has 1 aliphatic rings. The minimum absolute atomic E-state index is 0.0692. The maximum absolute atomic E-state index is 13.5. The summed E-state index contributed by atoms with van der Waals surface area (Å²) >= 11 is 0. The third-order valence-corrected chi connectivity index (χ3v) is 6.98. The first-order valence-electron chi connectivity index (χ1n) is 13.4. The molecule has 36 heavy (non-hydrogen) atoms. The molecule has 1 aromatic rings. The summed E-state index contributed by atoms with van der Waals surface area (Å²) in [5, 5.41) is 9.28. The number of aryl methyl sites for hydroxylation is 1. The molecule has 0 aliphatic carbocycles. The van der Waals surface area contributed by atoms with Gasteiger partial charge in [-0.25, -0.2) is 0 Å². The maximum Gasteiger partial charge on any atom is 0.243 e. The summed E-state index contributed by atoms with van der Waals surface area (Å²) in [6, 6.07) is 6.12. The summed E-state index contributed by atoms with van der Waals surface area (Å²) in [5.74, 6) is 0.434. The number of amides is 3. The molecule has 1 aliphatic heterocycles. The van der Waals surface area contributed by atoms with Crippen molar-refractivity contribution in [2.75, 3.05) is 20.1 Å². The van der Waals surface area contributed by atoms with Crippen molar-refractivity contribution in [3.05, 3.63) is 29.8 Å².